The van der Waals surface area contributed by atoms with Gasteiger partial charge in [-0.1, -0.05) is 30.3 Å². The van der Waals surface area contributed by atoms with E-state index in [-0.39, 0.29) is 11.7 Å². The van der Waals surface area contributed by atoms with Gasteiger partial charge in [0.15, 0.2) is 0 Å². The zero-order valence-electron chi connectivity index (χ0n) is 12.0. The Labute approximate surface area is 123 Å². The zero-order valence-corrected chi connectivity index (χ0v) is 12.0. The van der Waals surface area contributed by atoms with Crippen LogP contribution >= 0.6 is 0 Å². The van der Waals surface area contributed by atoms with E-state index >= 15 is 0 Å². The van der Waals surface area contributed by atoms with E-state index in [0.29, 0.717) is 11.4 Å². The average molecular weight is 285 g/mol. The number of nitrogens with one attached hydrogen (secondary N) is 1. The van der Waals surface area contributed by atoms with Gasteiger partial charge in [0.05, 0.1) is 4.92 Å². The third kappa shape index (κ3) is 4.21. The van der Waals surface area contributed by atoms with E-state index in [9.17, 15) is 10.1 Å². The average Bonchev–Trinajstić information content (AvgIpc) is 2.48. The van der Waals surface area contributed by atoms with Crippen LogP contribution in [-0.4, -0.2) is 11.0 Å². The van der Waals surface area contributed by atoms with Crippen molar-refractivity contribution in [3.05, 3.63) is 64.2 Å². The van der Waals surface area contributed by atoms with Gasteiger partial charge >= 0.3 is 0 Å². The molecule has 0 saturated carbocycles. The van der Waals surface area contributed by atoms with Crippen LogP contribution < -0.4 is 11.1 Å². The van der Waals surface area contributed by atoms with Crippen molar-refractivity contribution >= 4 is 17.1 Å². The van der Waals surface area contributed by atoms with Crippen molar-refractivity contribution in [2.24, 2.45) is 0 Å². The molecule has 0 spiro atoms. The fourth-order valence-electron chi connectivity index (χ4n) is 2.19. The summed E-state index contributed by atoms with van der Waals surface area (Å²) in [6.07, 6.45) is 1.82. The molecule has 2 aromatic carbocycles. The van der Waals surface area contributed by atoms with E-state index in [1.165, 1.54) is 11.6 Å². The van der Waals surface area contributed by atoms with E-state index in [1.807, 2.05) is 25.1 Å². The van der Waals surface area contributed by atoms with Crippen LogP contribution in [0.4, 0.5) is 17.1 Å². The van der Waals surface area contributed by atoms with Crippen LogP contribution in [0.1, 0.15) is 18.9 Å². The molecule has 2 aromatic rings. The molecule has 0 aromatic heterocycles. The summed E-state index contributed by atoms with van der Waals surface area (Å²) in [5, 5.41) is 14.2. The fraction of sp³-hybridized carbons (Fsp3) is 0.250. The van der Waals surface area contributed by atoms with Gasteiger partial charge in [0.25, 0.3) is 5.69 Å². The fourth-order valence-corrected chi connectivity index (χ4v) is 2.19. The molecule has 1 atom stereocenters. The molecule has 0 heterocycles. The Kier molecular flexibility index (Phi) is 4.77. The van der Waals surface area contributed by atoms with Crippen LogP contribution in [0.5, 0.6) is 0 Å². The maximum absolute atomic E-state index is 11.0. The molecule has 110 valence electrons. The molecular weight excluding hydrogens is 266 g/mol. The van der Waals surface area contributed by atoms with Crippen molar-refractivity contribution in [3.8, 4) is 0 Å². The van der Waals surface area contributed by atoms with Crippen LogP contribution in [0.15, 0.2) is 48.5 Å². The van der Waals surface area contributed by atoms with E-state index in [0.717, 1.165) is 12.8 Å². The van der Waals surface area contributed by atoms with Crippen molar-refractivity contribution in [2.75, 3.05) is 11.1 Å². The van der Waals surface area contributed by atoms with Gasteiger partial charge < -0.3 is 11.1 Å². The number of benzene rings is 2. The Morgan fingerprint density at radius 2 is 1.95 bits per heavy atom. The third-order valence-electron chi connectivity index (χ3n) is 3.33. The number of nitrogen functional groups attached to an aromatic ring is 1. The highest BCUT2D eigenvalue weighted by Crippen LogP contribution is 2.27. The summed E-state index contributed by atoms with van der Waals surface area (Å²) in [5.41, 5.74) is 7.78. The highest BCUT2D eigenvalue weighted by Gasteiger charge is 2.15. The molecule has 0 fully saturated rings. The molecule has 0 aliphatic rings. The summed E-state index contributed by atoms with van der Waals surface area (Å²) in [4.78, 5) is 10.6. The SMILES string of the molecule is C[C@H](CCc1ccccc1)Nc1ccc(N)cc1[N+](=O)[O-]. The number of hydrogen-bond acceptors (Lipinski definition) is 4. The van der Waals surface area contributed by atoms with Gasteiger partial charge in [-0.05, 0) is 37.5 Å². The Hall–Kier alpha value is -2.56. The molecule has 0 aliphatic heterocycles. The molecule has 0 amide bonds. The van der Waals surface area contributed by atoms with Gasteiger partial charge in [-0.3, -0.25) is 10.1 Å². The zero-order chi connectivity index (χ0) is 15.2. The number of nitrogens with zero attached hydrogens (tertiary/aromatic N) is 1. The molecule has 0 saturated heterocycles. The summed E-state index contributed by atoms with van der Waals surface area (Å²) in [7, 11) is 0. The predicted octanol–water partition coefficient (Wildman–Crippen LogP) is 3.61. The molecule has 21 heavy (non-hydrogen) atoms. The summed E-state index contributed by atoms with van der Waals surface area (Å²) in [5.74, 6) is 0. The van der Waals surface area contributed by atoms with Crippen LogP contribution in [0.2, 0.25) is 0 Å². The van der Waals surface area contributed by atoms with Gasteiger partial charge in [0.2, 0.25) is 0 Å². The Bertz CT molecular complexity index is 614. The minimum absolute atomic E-state index is 0.0153. The first kappa shape index (κ1) is 14.8. The Morgan fingerprint density at radius 1 is 1.24 bits per heavy atom. The molecule has 0 unspecified atom stereocenters. The number of nitrogens with two attached hydrogens (primary N) is 1. The monoisotopic (exact) mass is 285 g/mol. The predicted molar refractivity (Wildman–Crippen MR) is 85.4 cm³/mol. The minimum Gasteiger partial charge on any atom is -0.399 e. The Balaban J connectivity index is 1.99. The maximum Gasteiger partial charge on any atom is 0.294 e. The molecule has 5 heteroatoms. The van der Waals surface area contributed by atoms with Crippen LogP contribution in [0.25, 0.3) is 0 Å². The smallest absolute Gasteiger partial charge is 0.294 e. The highest BCUT2D eigenvalue weighted by molar-refractivity contribution is 5.67. The van der Waals surface area contributed by atoms with Gasteiger partial charge in [-0.2, -0.15) is 0 Å². The lowest BCUT2D eigenvalue weighted by molar-refractivity contribution is -0.383. The highest BCUT2D eigenvalue weighted by atomic mass is 16.6. The van der Waals surface area contributed by atoms with Crippen molar-refractivity contribution in [2.45, 2.75) is 25.8 Å². The summed E-state index contributed by atoms with van der Waals surface area (Å²) in [6, 6.07) is 15.0. The quantitative estimate of drug-likeness (QED) is 0.482. The van der Waals surface area contributed by atoms with Crippen LogP contribution in [0, 0.1) is 10.1 Å². The topological polar surface area (TPSA) is 81.2 Å². The molecule has 0 bridgehead atoms. The number of anilines is 2. The Morgan fingerprint density at radius 3 is 2.62 bits per heavy atom. The molecule has 2 rings (SSSR count). The first-order valence-electron chi connectivity index (χ1n) is 6.90. The molecule has 5 nitrogen and oxygen atoms in total. The standard InChI is InChI=1S/C16H19N3O2/c1-12(7-8-13-5-3-2-4-6-13)18-15-10-9-14(17)11-16(15)19(20)21/h2-6,9-12,18H,7-8,17H2,1H3/t12-/m1/s1. The second-order valence-corrected chi connectivity index (χ2v) is 5.10. The van der Waals surface area contributed by atoms with E-state index < -0.39 is 4.92 Å². The number of aryl methyl sites for hydroxylation is 1. The van der Waals surface area contributed by atoms with Crippen molar-refractivity contribution in [3.63, 3.8) is 0 Å². The van der Waals surface area contributed by atoms with Crippen molar-refractivity contribution in [1.82, 2.24) is 0 Å². The summed E-state index contributed by atoms with van der Waals surface area (Å²) < 4.78 is 0. The first-order chi connectivity index (χ1) is 10.1. The van der Waals surface area contributed by atoms with Crippen LogP contribution in [-0.2, 0) is 6.42 Å². The lowest BCUT2D eigenvalue weighted by Crippen LogP contribution is -2.17. The van der Waals surface area contributed by atoms with E-state index in [2.05, 4.69) is 17.4 Å². The van der Waals surface area contributed by atoms with Gasteiger partial charge in [-0.25, -0.2) is 0 Å². The number of rotatable bonds is 6. The second-order valence-electron chi connectivity index (χ2n) is 5.10. The van der Waals surface area contributed by atoms with E-state index in [1.54, 1.807) is 12.1 Å². The normalized spacial score (nSPS) is 11.9. The van der Waals surface area contributed by atoms with Gasteiger partial charge in [0.1, 0.15) is 5.69 Å². The van der Waals surface area contributed by atoms with Crippen LogP contribution in [0.3, 0.4) is 0 Å². The number of hydrogen-bond donors (Lipinski definition) is 2. The number of nitro benzene ring substituents is 1. The third-order valence-corrected chi connectivity index (χ3v) is 3.33. The van der Waals surface area contributed by atoms with Crippen molar-refractivity contribution in [1.29, 1.82) is 0 Å². The summed E-state index contributed by atoms with van der Waals surface area (Å²) >= 11 is 0. The van der Waals surface area contributed by atoms with Crippen molar-refractivity contribution < 1.29 is 4.92 Å². The van der Waals surface area contributed by atoms with Gasteiger partial charge in [-0.15, -0.1) is 0 Å². The van der Waals surface area contributed by atoms with E-state index in [4.69, 9.17) is 5.73 Å². The minimum atomic E-state index is -0.414. The summed E-state index contributed by atoms with van der Waals surface area (Å²) in [6.45, 7) is 2.02. The lowest BCUT2D eigenvalue weighted by atomic mass is 10.1. The largest absolute Gasteiger partial charge is 0.399 e. The molecule has 3 N–H and O–H groups in total. The molecule has 0 aliphatic carbocycles. The maximum atomic E-state index is 11.0. The first-order valence-corrected chi connectivity index (χ1v) is 6.90. The second kappa shape index (κ2) is 6.74. The number of nitro groups is 1. The van der Waals surface area contributed by atoms with Gasteiger partial charge in [0, 0.05) is 17.8 Å². The molecule has 0 radical (unpaired) electrons. The lowest BCUT2D eigenvalue weighted by Gasteiger charge is -2.15. The molecular formula is C16H19N3O2.